The number of carboxylic acids is 1. The standard InChI is InChI=1S/C31H43N5O6.BrH/c1-8-35(7)22-15-19(14-21(31(3,4)5)28(22)42-13-11-10-12-25(38)39)23(37)18-36-17-20-16-24(41-9-2)27(30(40)33-6)34-26(20)29(36)32;/h14-16,32H,8-13,17-18H2,1-7H3,(H,33,40)(H,38,39);1H. The van der Waals surface area contributed by atoms with Crippen molar-refractivity contribution < 1.29 is 29.0 Å². The topological polar surface area (TPSA) is 145 Å². The Hall–Kier alpha value is -3.67. The lowest BCUT2D eigenvalue weighted by Gasteiger charge is -2.29. The number of unbranched alkanes of at least 4 members (excludes halogenated alkanes) is 1. The van der Waals surface area contributed by atoms with Gasteiger partial charge >= 0.3 is 5.97 Å². The summed E-state index contributed by atoms with van der Waals surface area (Å²) < 4.78 is 11.9. The molecule has 2 heterocycles. The molecular formula is C31H44BrN5O6. The Labute approximate surface area is 264 Å². The predicted octanol–water partition coefficient (Wildman–Crippen LogP) is 4.83. The second-order valence-corrected chi connectivity index (χ2v) is 11.3. The molecule has 0 saturated carbocycles. The third-order valence-electron chi connectivity index (χ3n) is 7.16. The summed E-state index contributed by atoms with van der Waals surface area (Å²) in [5.41, 5.74) is 3.01. The number of hydrogen-bond acceptors (Lipinski definition) is 8. The number of carbonyl (C=O) groups excluding carboxylic acids is 2. The van der Waals surface area contributed by atoms with E-state index in [4.69, 9.17) is 20.0 Å². The first kappa shape index (κ1) is 35.5. The molecule has 1 amide bonds. The summed E-state index contributed by atoms with van der Waals surface area (Å²) in [6.45, 7) is 11.7. The number of fused-ring (bicyclic) bond motifs is 1. The van der Waals surface area contributed by atoms with Crippen LogP contribution < -0.4 is 19.7 Å². The molecule has 43 heavy (non-hydrogen) atoms. The molecule has 11 nitrogen and oxygen atoms in total. The molecule has 3 rings (SSSR count). The number of carbonyl (C=O) groups is 3. The van der Waals surface area contributed by atoms with E-state index in [-0.39, 0.29) is 52.7 Å². The number of pyridine rings is 1. The zero-order valence-electron chi connectivity index (χ0n) is 26.1. The van der Waals surface area contributed by atoms with Crippen LogP contribution in [0.5, 0.6) is 11.5 Å². The van der Waals surface area contributed by atoms with Crippen LogP contribution in [0.25, 0.3) is 0 Å². The van der Waals surface area contributed by atoms with Gasteiger partial charge in [-0.2, -0.15) is 0 Å². The van der Waals surface area contributed by atoms with Gasteiger partial charge in [0.15, 0.2) is 17.2 Å². The van der Waals surface area contributed by atoms with Crippen LogP contribution in [-0.2, 0) is 16.8 Å². The van der Waals surface area contributed by atoms with Crippen molar-refractivity contribution >= 4 is 46.2 Å². The van der Waals surface area contributed by atoms with E-state index in [1.165, 1.54) is 7.05 Å². The van der Waals surface area contributed by atoms with Crippen LogP contribution in [0.3, 0.4) is 0 Å². The number of aromatic nitrogens is 1. The Kier molecular flexibility index (Phi) is 12.5. The second-order valence-electron chi connectivity index (χ2n) is 11.3. The SMILES string of the molecule is Br.CCOc1cc2c(nc1C(=O)NC)C(=N)N(CC(=O)c1cc(N(C)CC)c(OCCCCC(=O)O)c(C(C)(C)C)c1)C2. The van der Waals surface area contributed by atoms with Crippen molar-refractivity contribution in [2.24, 2.45) is 0 Å². The minimum Gasteiger partial charge on any atom is -0.491 e. The molecule has 0 radical (unpaired) electrons. The number of halogens is 1. The Morgan fingerprint density at radius 1 is 1.14 bits per heavy atom. The molecule has 2 aromatic rings. The maximum Gasteiger partial charge on any atom is 0.303 e. The Bertz CT molecular complexity index is 1360. The van der Waals surface area contributed by atoms with E-state index in [1.807, 2.05) is 37.9 Å². The van der Waals surface area contributed by atoms with E-state index in [0.717, 1.165) is 16.8 Å². The zero-order chi connectivity index (χ0) is 31.2. The van der Waals surface area contributed by atoms with E-state index in [9.17, 15) is 14.4 Å². The van der Waals surface area contributed by atoms with Crippen molar-refractivity contribution in [1.82, 2.24) is 15.2 Å². The van der Waals surface area contributed by atoms with Crippen LogP contribution >= 0.6 is 17.0 Å². The summed E-state index contributed by atoms with van der Waals surface area (Å²) in [5.74, 6) is -0.281. The molecule has 1 aliphatic heterocycles. The van der Waals surface area contributed by atoms with Crippen molar-refractivity contribution in [1.29, 1.82) is 5.41 Å². The molecule has 0 fully saturated rings. The number of benzene rings is 1. The maximum atomic E-state index is 13.7. The van der Waals surface area contributed by atoms with Gasteiger partial charge in [0.2, 0.25) is 0 Å². The van der Waals surface area contributed by atoms with Gasteiger partial charge in [-0.3, -0.25) is 19.8 Å². The van der Waals surface area contributed by atoms with Crippen LogP contribution in [0.15, 0.2) is 18.2 Å². The van der Waals surface area contributed by atoms with E-state index in [1.54, 1.807) is 11.0 Å². The predicted molar refractivity (Wildman–Crippen MR) is 172 cm³/mol. The lowest BCUT2D eigenvalue weighted by Crippen LogP contribution is -2.31. The highest BCUT2D eigenvalue weighted by Gasteiger charge is 2.32. The molecule has 1 aliphatic rings. The molecule has 0 atom stereocenters. The summed E-state index contributed by atoms with van der Waals surface area (Å²) >= 11 is 0. The average molecular weight is 663 g/mol. The molecule has 3 N–H and O–H groups in total. The summed E-state index contributed by atoms with van der Waals surface area (Å²) in [7, 11) is 3.45. The van der Waals surface area contributed by atoms with Crippen molar-refractivity contribution in [3.63, 3.8) is 0 Å². The first-order chi connectivity index (χ1) is 19.8. The van der Waals surface area contributed by atoms with Gasteiger partial charge in [-0.15, -0.1) is 17.0 Å². The average Bonchev–Trinajstić information content (AvgIpc) is 3.24. The van der Waals surface area contributed by atoms with Crippen molar-refractivity contribution in [3.8, 4) is 11.5 Å². The number of ketones is 1. The quantitative estimate of drug-likeness (QED) is 0.191. The molecular weight excluding hydrogens is 618 g/mol. The minimum absolute atomic E-state index is 0. The summed E-state index contributed by atoms with van der Waals surface area (Å²) in [6, 6.07) is 5.42. The van der Waals surface area contributed by atoms with Crippen LogP contribution in [0.1, 0.15) is 91.5 Å². The Balaban J connectivity index is 0.00000645. The van der Waals surface area contributed by atoms with Gasteiger partial charge in [0.05, 0.1) is 25.4 Å². The number of nitrogens with zero attached hydrogens (tertiary/aromatic N) is 3. The fraction of sp³-hybridized carbons (Fsp3) is 0.516. The molecule has 1 aromatic heterocycles. The van der Waals surface area contributed by atoms with E-state index in [0.29, 0.717) is 61.9 Å². The first-order valence-corrected chi connectivity index (χ1v) is 14.3. The molecule has 0 spiro atoms. The first-order valence-electron chi connectivity index (χ1n) is 14.3. The third kappa shape index (κ3) is 8.46. The van der Waals surface area contributed by atoms with Gasteiger partial charge in [0.25, 0.3) is 5.91 Å². The summed E-state index contributed by atoms with van der Waals surface area (Å²) in [4.78, 5) is 45.1. The van der Waals surface area contributed by atoms with E-state index < -0.39 is 11.9 Å². The third-order valence-corrected chi connectivity index (χ3v) is 7.16. The van der Waals surface area contributed by atoms with Gasteiger partial charge < -0.3 is 29.7 Å². The summed E-state index contributed by atoms with van der Waals surface area (Å²) in [5, 5.41) is 20.2. The zero-order valence-corrected chi connectivity index (χ0v) is 27.8. The van der Waals surface area contributed by atoms with Crippen molar-refractivity contribution in [3.05, 3.63) is 46.3 Å². The number of carboxylic acid groups (broad SMARTS) is 1. The van der Waals surface area contributed by atoms with Gasteiger partial charge in [0.1, 0.15) is 17.3 Å². The highest BCUT2D eigenvalue weighted by molar-refractivity contribution is 8.93. The lowest BCUT2D eigenvalue weighted by molar-refractivity contribution is -0.137. The molecule has 1 aromatic carbocycles. The molecule has 0 bridgehead atoms. The number of amides is 1. The van der Waals surface area contributed by atoms with Gasteiger partial charge in [0, 0.05) is 50.3 Å². The monoisotopic (exact) mass is 661 g/mol. The number of amidine groups is 1. The van der Waals surface area contributed by atoms with Crippen LogP contribution in [0.4, 0.5) is 5.69 Å². The molecule has 236 valence electrons. The number of rotatable bonds is 14. The molecule has 0 saturated heterocycles. The van der Waals surface area contributed by atoms with Crippen molar-refractivity contribution in [2.45, 2.75) is 65.8 Å². The van der Waals surface area contributed by atoms with Crippen LogP contribution in [0, 0.1) is 5.41 Å². The normalized spacial score (nSPS) is 12.3. The van der Waals surface area contributed by atoms with Crippen LogP contribution in [0.2, 0.25) is 0 Å². The smallest absolute Gasteiger partial charge is 0.303 e. The van der Waals surface area contributed by atoms with Gasteiger partial charge in [-0.25, -0.2) is 4.98 Å². The number of Topliss-reactive ketones (excluding diaryl/α,β-unsaturated/α-hetero) is 1. The van der Waals surface area contributed by atoms with Crippen LogP contribution in [-0.4, -0.2) is 78.9 Å². The number of anilines is 1. The Morgan fingerprint density at radius 3 is 2.42 bits per heavy atom. The van der Waals surface area contributed by atoms with Crippen molar-refractivity contribution in [2.75, 3.05) is 45.3 Å². The van der Waals surface area contributed by atoms with Gasteiger partial charge in [-0.1, -0.05) is 20.8 Å². The number of hydrogen-bond donors (Lipinski definition) is 3. The molecule has 0 aliphatic carbocycles. The van der Waals surface area contributed by atoms with E-state index >= 15 is 0 Å². The minimum atomic E-state index is -0.828. The lowest BCUT2D eigenvalue weighted by atomic mass is 9.84. The molecule has 12 heteroatoms. The maximum absolute atomic E-state index is 13.7. The van der Waals surface area contributed by atoms with E-state index in [2.05, 4.69) is 31.1 Å². The second kappa shape index (κ2) is 15.2. The molecule has 0 unspecified atom stereocenters. The highest BCUT2D eigenvalue weighted by Crippen LogP contribution is 2.40. The largest absolute Gasteiger partial charge is 0.491 e. The fourth-order valence-electron chi connectivity index (χ4n) is 4.73. The number of aliphatic carboxylic acids is 1. The van der Waals surface area contributed by atoms with Gasteiger partial charge in [-0.05, 0) is 50.3 Å². The highest BCUT2D eigenvalue weighted by atomic mass is 79.9. The Morgan fingerprint density at radius 2 is 1.84 bits per heavy atom. The summed E-state index contributed by atoms with van der Waals surface area (Å²) in [6.07, 6.45) is 1.21. The number of ether oxygens (including phenoxy) is 2. The fourth-order valence-corrected chi connectivity index (χ4v) is 4.73. The number of nitrogens with one attached hydrogen (secondary N) is 2.